The molecular weight excluding hydrogens is 106 g/mol. The van der Waals surface area contributed by atoms with Crippen LogP contribution in [0.5, 0.6) is 0 Å². The fraction of sp³-hybridized carbons (Fsp3) is 0.750. The molecule has 48 valence electrons. The fourth-order valence-corrected chi connectivity index (χ4v) is 0.304. The van der Waals surface area contributed by atoms with Crippen molar-refractivity contribution >= 4 is 6.03 Å². The van der Waals surface area contributed by atoms with Crippen LogP contribution in [0.25, 0.3) is 0 Å². The standard InChI is InChI=1S/C4H11N3O/c1-7(3-2-5)4(6)8/h2-3,5H2,1H3,(H2,6,8). The van der Waals surface area contributed by atoms with E-state index in [0.717, 1.165) is 0 Å². The summed E-state index contributed by atoms with van der Waals surface area (Å²) in [7, 11) is 1.61. The third-order valence-electron chi connectivity index (χ3n) is 0.841. The van der Waals surface area contributed by atoms with Crippen LogP contribution in [0.3, 0.4) is 0 Å². The number of urea groups is 1. The number of hydrogen-bond acceptors (Lipinski definition) is 2. The number of hydrogen-bond donors (Lipinski definition) is 2. The van der Waals surface area contributed by atoms with Crippen LogP contribution in [0.4, 0.5) is 4.79 Å². The number of carbonyl (C=O) groups is 1. The lowest BCUT2D eigenvalue weighted by Gasteiger charge is -2.10. The normalized spacial score (nSPS) is 8.75. The minimum absolute atomic E-state index is 0.435. The van der Waals surface area contributed by atoms with E-state index < -0.39 is 6.03 Å². The Balaban J connectivity index is 3.32. The van der Waals surface area contributed by atoms with Crippen molar-refractivity contribution in [2.45, 2.75) is 0 Å². The molecule has 4 N–H and O–H groups in total. The zero-order chi connectivity index (χ0) is 6.57. The molecule has 0 spiro atoms. The Morgan fingerprint density at radius 3 is 2.38 bits per heavy atom. The van der Waals surface area contributed by atoms with Gasteiger partial charge in [-0.2, -0.15) is 0 Å². The summed E-state index contributed by atoms with van der Waals surface area (Å²) >= 11 is 0. The Labute approximate surface area is 48.4 Å². The molecule has 0 unspecified atom stereocenters. The van der Waals surface area contributed by atoms with Crippen molar-refractivity contribution in [3.05, 3.63) is 0 Å². The number of primary amides is 1. The lowest BCUT2D eigenvalue weighted by molar-refractivity contribution is 0.219. The van der Waals surface area contributed by atoms with Gasteiger partial charge in [0.05, 0.1) is 0 Å². The van der Waals surface area contributed by atoms with Crippen LogP contribution in [-0.4, -0.2) is 31.1 Å². The van der Waals surface area contributed by atoms with Crippen molar-refractivity contribution in [2.24, 2.45) is 11.5 Å². The maximum absolute atomic E-state index is 10.2. The Bertz CT molecular complexity index is 83.4. The third-order valence-corrected chi connectivity index (χ3v) is 0.841. The molecule has 0 saturated carbocycles. The number of rotatable bonds is 2. The van der Waals surface area contributed by atoms with Crippen LogP contribution in [0.15, 0.2) is 0 Å². The molecule has 0 aliphatic rings. The molecule has 8 heavy (non-hydrogen) atoms. The molecule has 0 radical (unpaired) electrons. The van der Waals surface area contributed by atoms with Crippen molar-refractivity contribution < 1.29 is 4.79 Å². The average Bonchev–Trinajstić information content (AvgIpc) is 1.67. The fourth-order valence-electron chi connectivity index (χ4n) is 0.304. The van der Waals surface area contributed by atoms with Crippen molar-refractivity contribution in [1.29, 1.82) is 0 Å². The van der Waals surface area contributed by atoms with Gasteiger partial charge in [-0.15, -0.1) is 0 Å². The predicted octanol–water partition coefficient (Wildman–Crippen LogP) is -1.04. The van der Waals surface area contributed by atoms with Gasteiger partial charge in [-0.3, -0.25) is 0 Å². The van der Waals surface area contributed by atoms with Gasteiger partial charge in [-0.1, -0.05) is 0 Å². The molecule has 0 saturated heterocycles. The van der Waals surface area contributed by atoms with E-state index in [4.69, 9.17) is 11.5 Å². The molecule has 4 heteroatoms. The molecule has 0 aliphatic carbocycles. The second-order valence-corrected chi connectivity index (χ2v) is 1.55. The summed E-state index contributed by atoms with van der Waals surface area (Å²) < 4.78 is 0. The number of nitrogens with zero attached hydrogens (tertiary/aromatic N) is 1. The number of likely N-dealkylation sites (N-methyl/N-ethyl adjacent to an activating group) is 1. The summed E-state index contributed by atoms with van der Waals surface area (Å²) in [6.07, 6.45) is 0. The van der Waals surface area contributed by atoms with Gasteiger partial charge in [-0.25, -0.2) is 4.79 Å². The van der Waals surface area contributed by atoms with Crippen molar-refractivity contribution in [1.82, 2.24) is 4.90 Å². The zero-order valence-corrected chi connectivity index (χ0v) is 4.92. The van der Waals surface area contributed by atoms with Gasteiger partial charge in [0.15, 0.2) is 0 Å². The Hall–Kier alpha value is -0.770. The van der Waals surface area contributed by atoms with Crippen LogP contribution in [0.2, 0.25) is 0 Å². The highest BCUT2D eigenvalue weighted by molar-refractivity contribution is 5.71. The smallest absolute Gasteiger partial charge is 0.314 e. The van der Waals surface area contributed by atoms with Crippen molar-refractivity contribution in [3.8, 4) is 0 Å². The molecule has 0 aliphatic heterocycles. The van der Waals surface area contributed by atoms with Gasteiger partial charge in [-0.05, 0) is 0 Å². The Morgan fingerprint density at radius 2 is 2.25 bits per heavy atom. The van der Waals surface area contributed by atoms with Gasteiger partial charge in [0.2, 0.25) is 0 Å². The van der Waals surface area contributed by atoms with E-state index in [1.807, 2.05) is 0 Å². The number of amides is 2. The summed E-state index contributed by atoms with van der Waals surface area (Å²) in [6, 6.07) is -0.435. The molecule has 4 nitrogen and oxygen atoms in total. The monoisotopic (exact) mass is 117 g/mol. The van der Waals surface area contributed by atoms with E-state index >= 15 is 0 Å². The van der Waals surface area contributed by atoms with Gasteiger partial charge >= 0.3 is 6.03 Å². The predicted molar refractivity (Wildman–Crippen MR) is 31.3 cm³/mol. The molecule has 0 rings (SSSR count). The van der Waals surface area contributed by atoms with E-state index in [1.54, 1.807) is 7.05 Å². The topological polar surface area (TPSA) is 72.3 Å². The third kappa shape index (κ3) is 2.41. The van der Waals surface area contributed by atoms with Gasteiger partial charge < -0.3 is 16.4 Å². The molecule has 0 aromatic heterocycles. The van der Waals surface area contributed by atoms with Gasteiger partial charge in [0, 0.05) is 20.1 Å². The van der Waals surface area contributed by atoms with E-state index in [2.05, 4.69) is 0 Å². The quantitative estimate of drug-likeness (QED) is 0.484. The van der Waals surface area contributed by atoms with Crippen LogP contribution in [0, 0.1) is 0 Å². The van der Waals surface area contributed by atoms with Crippen LogP contribution in [-0.2, 0) is 0 Å². The summed E-state index contributed by atoms with van der Waals surface area (Å²) in [5.41, 5.74) is 9.97. The minimum atomic E-state index is -0.435. The zero-order valence-electron chi connectivity index (χ0n) is 4.92. The largest absolute Gasteiger partial charge is 0.351 e. The molecule has 0 atom stereocenters. The molecule has 0 bridgehead atoms. The van der Waals surface area contributed by atoms with Crippen LogP contribution >= 0.6 is 0 Å². The first kappa shape index (κ1) is 7.23. The van der Waals surface area contributed by atoms with Gasteiger partial charge in [0.1, 0.15) is 0 Å². The first-order valence-electron chi connectivity index (χ1n) is 2.39. The minimum Gasteiger partial charge on any atom is -0.351 e. The van der Waals surface area contributed by atoms with Crippen LogP contribution < -0.4 is 11.5 Å². The van der Waals surface area contributed by atoms with Gasteiger partial charge in [0.25, 0.3) is 0 Å². The Morgan fingerprint density at radius 1 is 1.75 bits per heavy atom. The molecule has 0 fully saturated rings. The van der Waals surface area contributed by atoms with E-state index in [1.165, 1.54) is 4.90 Å². The second kappa shape index (κ2) is 3.26. The molecule has 0 heterocycles. The lowest BCUT2D eigenvalue weighted by atomic mass is 10.6. The van der Waals surface area contributed by atoms with E-state index in [0.29, 0.717) is 13.1 Å². The maximum Gasteiger partial charge on any atom is 0.314 e. The van der Waals surface area contributed by atoms with Crippen molar-refractivity contribution in [2.75, 3.05) is 20.1 Å². The highest BCUT2D eigenvalue weighted by Crippen LogP contribution is 1.75. The number of nitrogens with two attached hydrogens (primary N) is 2. The average molecular weight is 117 g/mol. The lowest BCUT2D eigenvalue weighted by Crippen LogP contribution is -2.35. The highest BCUT2D eigenvalue weighted by atomic mass is 16.2. The summed E-state index contributed by atoms with van der Waals surface area (Å²) in [5.74, 6) is 0. The summed E-state index contributed by atoms with van der Waals surface area (Å²) in [6.45, 7) is 0.981. The first-order chi connectivity index (χ1) is 3.68. The SMILES string of the molecule is CN(CCN)C(N)=O. The van der Waals surface area contributed by atoms with E-state index in [-0.39, 0.29) is 0 Å². The second-order valence-electron chi connectivity index (χ2n) is 1.55. The maximum atomic E-state index is 10.2. The molecule has 2 amide bonds. The molecular formula is C4H11N3O. The summed E-state index contributed by atoms with van der Waals surface area (Å²) in [4.78, 5) is 11.5. The Kier molecular flexibility index (Phi) is 2.95. The molecule has 0 aromatic rings. The van der Waals surface area contributed by atoms with Crippen LogP contribution in [0.1, 0.15) is 0 Å². The first-order valence-corrected chi connectivity index (χ1v) is 2.39. The van der Waals surface area contributed by atoms with E-state index in [9.17, 15) is 4.79 Å². The van der Waals surface area contributed by atoms with Crippen molar-refractivity contribution in [3.63, 3.8) is 0 Å². The molecule has 0 aromatic carbocycles. The highest BCUT2D eigenvalue weighted by Gasteiger charge is 1.97. The summed E-state index contributed by atoms with van der Waals surface area (Å²) in [5, 5.41) is 0. The number of carbonyl (C=O) groups excluding carboxylic acids is 1.